The van der Waals surface area contributed by atoms with Gasteiger partial charge in [-0.15, -0.1) is 0 Å². The van der Waals surface area contributed by atoms with Crippen LogP contribution in [0.3, 0.4) is 0 Å². The first-order chi connectivity index (χ1) is 7.72. The number of aldehydes is 1. The zero-order valence-electron chi connectivity index (χ0n) is 9.15. The first-order valence-electron chi connectivity index (χ1n) is 5.31. The lowest BCUT2D eigenvalue weighted by Crippen LogP contribution is -2.40. The summed E-state index contributed by atoms with van der Waals surface area (Å²) in [5.74, 6) is 1.75. The molecular weight excluding hydrogens is 225 g/mol. The van der Waals surface area contributed by atoms with E-state index in [2.05, 4.69) is 11.8 Å². The smallest absolute Gasteiger partial charge is 0.152 e. The van der Waals surface area contributed by atoms with Crippen LogP contribution in [0, 0.1) is 5.82 Å². The zero-order valence-corrected chi connectivity index (χ0v) is 9.97. The van der Waals surface area contributed by atoms with Gasteiger partial charge in [-0.25, -0.2) is 4.39 Å². The monoisotopic (exact) mass is 239 g/mol. The molecule has 1 aromatic carbocycles. The quantitative estimate of drug-likeness (QED) is 0.740. The number of benzene rings is 1. The van der Waals surface area contributed by atoms with Crippen LogP contribution in [0.15, 0.2) is 18.2 Å². The Balaban J connectivity index is 2.34. The van der Waals surface area contributed by atoms with Crippen LogP contribution in [0.25, 0.3) is 0 Å². The summed E-state index contributed by atoms with van der Waals surface area (Å²) in [6.07, 6.45) is 0.729. The van der Waals surface area contributed by atoms with E-state index in [1.54, 1.807) is 6.07 Å². The van der Waals surface area contributed by atoms with Gasteiger partial charge in [-0.3, -0.25) is 4.79 Å². The van der Waals surface area contributed by atoms with Gasteiger partial charge >= 0.3 is 0 Å². The van der Waals surface area contributed by atoms with Gasteiger partial charge in [-0.1, -0.05) is 0 Å². The summed E-state index contributed by atoms with van der Waals surface area (Å²) in [7, 11) is 0. The second-order valence-electron chi connectivity index (χ2n) is 3.94. The predicted molar refractivity (Wildman–Crippen MR) is 65.9 cm³/mol. The van der Waals surface area contributed by atoms with Crippen LogP contribution in [0.4, 0.5) is 10.1 Å². The Morgan fingerprint density at radius 3 is 3.06 bits per heavy atom. The Bertz CT molecular complexity index is 397. The molecule has 1 aliphatic rings. The number of anilines is 1. The van der Waals surface area contributed by atoms with E-state index in [9.17, 15) is 9.18 Å². The third-order valence-electron chi connectivity index (χ3n) is 2.79. The van der Waals surface area contributed by atoms with E-state index in [4.69, 9.17) is 0 Å². The minimum absolute atomic E-state index is 0.357. The molecule has 2 rings (SSSR count). The predicted octanol–water partition coefficient (Wildman–Crippen LogP) is 2.58. The van der Waals surface area contributed by atoms with Gasteiger partial charge in [0.15, 0.2) is 6.29 Å². The molecule has 0 amide bonds. The van der Waals surface area contributed by atoms with Gasteiger partial charge in [0, 0.05) is 35.3 Å². The van der Waals surface area contributed by atoms with Gasteiger partial charge in [0.05, 0.1) is 0 Å². The van der Waals surface area contributed by atoms with Gasteiger partial charge < -0.3 is 4.90 Å². The minimum Gasteiger partial charge on any atom is -0.367 e. The van der Waals surface area contributed by atoms with Gasteiger partial charge in [0.1, 0.15) is 5.82 Å². The molecule has 16 heavy (non-hydrogen) atoms. The fourth-order valence-corrected chi connectivity index (χ4v) is 2.98. The average molecular weight is 239 g/mol. The molecule has 1 fully saturated rings. The van der Waals surface area contributed by atoms with Crippen molar-refractivity contribution in [2.75, 3.05) is 23.0 Å². The Morgan fingerprint density at radius 2 is 2.38 bits per heavy atom. The Hall–Kier alpha value is -1.03. The van der Waals surface area contributed by atoms with Crippen molar-refractivity contribution in [3.05, 3.63) is 29.6 Å². The highest BCUT2D eigenvalue weighted by Crippen LogP contribution is 2.26. The number of hydrogen-bond acceptors (Lipinski definition) is 3. The van der Waals surface area contributed by atoms with Crippen LogP contribution in [0.2, 0.25) is 0 Å². The van der Waals surface area contributed by atoms with E-state index in [0.717, 1.165) is 30.0 Å². The maximum Gasteiger partial charge on any atom is 0.152 e. The molecule has 1 heterocycles. The van der Waals surface area contributed by atoms with Crippen LogP contribution < -0.4 is 4.90 Å². The molecule has 1 aromatic rings. The van der Waals surface area contributed by atoms with Crippen molar-refractivity contribution < 1.29 is 9.18 Å². The average Bonchev–Trinajstić information content (AvgIpc) is 2.30. The van der Waals surface area contributed by atoms with E-state index < -0.39 is 0 Å². The molecule has 4 heteroatoms. The first kappa shape index (κ1) is 11.5. The molecule has 1 atom stereocenters. The first-order valence-corrected chi connectivity index (χ1v) is 6.47. The van der Waals surface area contributed by atoms with Crippen LogP contribution in [-0.4, -0.2) is 30.4 Å². The fourth-order valence-electron chi connectivity index (χ4n) is 1.97. The zero-order chi connectivity index (χ0) is 11.5. The molecule has 0 spiro atoms. The number of carbonyl (C=O) groups is 1. The van der Waals surface area contributed by atoms with Crippen molar-refractivity contribution in [2.45, 2.75) is 13.0 Å². The van der Waals surface area contributed by atoms with Crippen molar-refractivity contribution in [1.82, 2.24) is 0 Å². The standard InChI is InChI=1S/C12H14FNOS/c1-9-8-16-5-4-14(9)12-3-2-11(13)6-10(12)7-15/h2-3,6-7,9H,4-5,8H2,1H3. The molecule has 1 saturated heterocycles. The summed E-state index contributed by atoms with van der Waals surface area (Å²) in [4.78, 5) is 13.1. The normalized spacial score (nSPS) is 20.9. The number of halogens is 1. The van der Waals surface area contributed by atoms with Gasteiger partial charge in [0.25, 0.3) is 0 Å². The van der Waals surface area contributed by atoms with E-state index in [1.165, 1.54) is 12.1 Å². The summed E-state index contributed by atoms with van der Waals surface area (Å²) >= 11 is 1.91. The molecule has 0 bridgehead atoms. The lowest BCUT2D eigenvalue weighted by molar-refractivity contribution is 0.112. The maximum atomic E-state index is 13.0. The van der Waals surface area contributed by atoms with Crippen molar-refractivity contribution >= 4 is 23.7 Å². The largest absolute Gasteiger partial charge is 0.367 e. The number of carbonyl (C=O) groups excluding carboxylic acids is 1. The van der Waals surface area contributed by atoms with Gasteiger partial charge in [-0.2, -0.15) is 11.8 Å². The molecule has 86 valence electrons. The van der Waals surface area contributed by atoms with Crippen LogP contribution in [0.1, 0.15) is 17.3 Å². The van der Waals surface area contributed by atoms with E-state index in [0.29, 0.717) is 11.6 Å². The van der Waals surface area contributed by atoms with Gasteiger partial charge in [0.2, 0.25) is 0 Å². The van der Waals surface area contributed by atoms with Crippen LogP contribution in [0.5, 0.6) is 0 Å². The summed E-state index contributed by atoms with van der Waals surface area (Å²) in [6.45, 7) is 3.04. The number of nitrogens with zero attached hydrogens (tertiary/aromatic N) is 1. The molecule has 0 aliphatic carbocycles. The van der Waals surface area contributed by atoms with Gasteiger partial charge in [-0.05, 0) is 25.1 Å². The number of rotatable bonds is 2. The molecule has 0 N–H and O–H groups in total. The fraction of sp³-hybridized carbons (Fsp3) is 0.417. The molecule has 1 unspecified atom stereocenters. The highest BCUT2D eigenvalue weighted by molar-refractivity contribution is 7.99. The Morgan fingerprint density at radius 1 is 1.56 bits per heavy atom. The number of thioether (sulfide) groups is 1. The molecule has 2 nitrogen and oxygen atoms in total. The van der Waals surface area contributed by atoms with Crippen molar-refractivity contribution in [1.29, 1.82) is 0 Å². The molecule has 0 aromatic heterocycles. The van der Waals surface area contributed by atoms with Crippen LogP contribution >= 0.6 is 11.8 Å². The van der Waals surface area contributed by atoms with Crippen LogP contribution in [-0.2, 0) is 0 Å². The van der Waals surface area contributed by atoms with E-state index >= 15 is 0 Å². The lowest BCUT2D eigenvalue weighted by Gasteiger charge is -2.35. The maximum absolute atomic E-state index is 13.0. The van der Waals surface area contributed by atoms with Crippen molar-refractivity contribution in [2.24, 2.45) is 0 Å². The summed E-state index contributed by atoms with van der Waals surface area (Å²) in [6, 6.07) is 4.81. The second-order valence-corrected chi connectivity index (χ2v) is 5.09. The highest BCUT2D eigenvalue weighted by Gasteiger charge is 2.21. The second kappa shape index (κ2) is 4.87. The molecule has 1 aliphatic heterocycles. The molecule has 0 radical (unpaired) electrons. The third-order valence-corrected chi connectivity index (χ3v) is 3.98. The SMILES string of the molecule is CC1CSCCN1c1ccc(F)cc1C=O. The van der Waals surface area contributed by atoms with E-state index in [-0.39, 0.29) is 5.82 Å². The Kier molecular flexibility index (Phi) is 3.49. The summed E-state index contributed by atoms with van der Waals surface area (Å²) in [5.41, 5.74) is 1.29. The summed E-state index contributed by atoms with van der Waals surface area (Å²) in [5, 5.41) is 0. The molecular formula is C12H14FNOS. The van der Waals surface area contributed by atoms with Crippen molar-refractivity contribution in [3.63, 3.8) is 0 Å². The topological polar surface area (TPSA) is 20.3 Å². The van der Waals surface area contributed by atoms with Crippen molar-refractivity contribution in [3.8, 4) is 0 Å². The molecule has 0 saturated carbocycles. The minimum atomic E-state index is -0.357. The Labute approximate surface area is 98.8 Å². The van der Waals surface area contributed by atoms with E-state index in [1.807, 2.05) is 11.8 Å². The lowest BCUT2D eigenvalue weighted by atomic mass is 10.1. The highest BCUT2D eigenvalue weighted by atomic mass is 32.2. The number of hydrogen-bond donors (Lipinski definition) is 0. The summed E-state index contributed by atoms with van der Waals surface area (Å²) < 4.78 is 13.0. The third kappa shape index (κ3) is 2.21.